The second-order valence-corrected chi connectivity index (χ2v) is 7.62. The Labute approximate surface area is 143 Å². The number of benzene rings is 1. The summed E-state index contributed by atoms with van der Waals surface area (Å²) in [7, 11) is 0. The van der Waals surface area contributed by atoms with Gasteiger partial charge in [0.15, 0.2) is 0 Å². The molecule has 0 amide bonds. The van der Waals surface area contributed by atoms with E-state index < -0.39 is 0 Å². The summed E-state index contributed by atoms with van der Waals surface area (Å²) in [6, 6.07) is 8.73. The van der Waals surface area contributed by atoms with Crippen LogP contribution in [0.25, 0.3) is 10.9 Å². The Hall–Kier alpha value is -0.670. The van der Waals surface area contributed by atoms with Crippen molar-refractivity contribution in [1.29, 1.82) is 0 Å². The average molecular weight is 334 g/mol. The summed E-state index contributed by atoms with van der Waals surface area (Å²) in [4.78, 5) is 7.22. The third-order valence-corrected chi connectivity index (χ3v) is 5.85. The topological polar surface area (TPSA) is 12.9 Å². The van der Waals surface area contributed by atoms with Gasteiger partial charge in [0.1, 0.15) is 0 Å². The first-order valence-electron chi connectivity index (χ1n) is 8.41. The number of rotatable bonds is 10. The van der Waals surface area contributed by atoms with Gasteiger partial charge in [-0.15, -0.1) is 23.5 Å². The van der Waals surface area contributed by atoms with Gasteiger partial charge in [-0.05, 0) is 36.6 Å². The molecule has 2 rings (SSSR count). The van der Waals surface area contributed by atoms with Crippen molar-refractivity contribution in [2.45, 2.75) is 61.7 Å². The van der Waals surface area contributed by atoms with Crippen molar-refractivity contribution < 1.29 is 0 Å². The van der Waals surface area contributed by atoms with Crippen LogP contribution in [-0.4, -0.2) is 17.0 Å². The molecule has 120 valence electrons. The van der Waals surface area contributed by atoms with E-state index in [-0.39, 0.29) is 0 Å². The van der Waals surface area contributed by atoms with Crippen LogP contribution < -0.4 is 0 Å². The van der Waals surface area contributed by atoms with Crippen LogP contribution in [0.2, 0.25) is 0 Å². The van der Waals surface area contributed by atoms with Gasteiger partial charge >= 0.3 is 0 Å². The molecule has 2 aromatic rings. The fourth-order valence-electron chi connectivity index (χ4n) is 2.65. The molecule has 1 nitrogen and oxygen atoms in total. The Morgan fingerprint density at radius 3 is 2.41 bits per heavy atom. The van der Waals surface area contributed by atoms with Crippen molar-refractivity contribution in [1.82, 2.24) is 4.98 Å². The van der Waals surface area contributed by atoms with E-state index in [9.17, 15) is 0 Å². The number of pyridine rings is 1. The van der Waals surface area contributed by atoms with E-state index in [0.717, 1.165) is 5.52 Å². The van der Waals surface area contributed by atoms with E-state index in [1.54, 1.807) is 11.8 Å². The second kappa shape index (κ2) is 10.2. The monoisotopic (exact) mass is 333 g/mol. The third kappa shape index (κ3) is 5.20. The number of thioether (sulfide) groups is 2. The molecule has 0 saturated heterocycles. The van der Waals surface area contributed by atoms with Crippen LogP contribution in [0.5, 0.6) is 0 Å². The minimum absolute atomic E-state index is 1.15. The summed E-state index contributed by atoms with van der Waals surface area (Å²) >= 11 is 3.76. The number of unbranched alkanes of at least 4 members (excludes halogenated alkanes) is 6. The highest BCUT2D eigenvalue weighted by atomic mass is 32.2. The minimum Gasteiger partial charge on any atom is -0.255 e. The van der Waals surface area contributed by atoms with Gasteiger partial charge in [-0.25, -0.2) is 0 Å². The Morgan fingerprint density at radius 2 is 1.64 bits per heavy atom. The molecular formula is C19H27NS2. The molecular weight excluding hydrogens is 306 g/mol. The zero-order chi connectivity index (χ0) is 15.6. The molecule has 0 aliphatic heterocycles. The molecule has 0 unspecified atom stereocenters. The van der Waals surface area contributed by atoms with Crippen LogP contribution in [0.3, 0.4) is 0 Å². The highest BCUT2D eigenvalue weighted by molar-refractivity contribution is 7.99. The van der Waals surface area contributed by atoms with Crippen molar-refractivity contribution in [2.24, 2.45) is 0 Å². The Balaban J connectivity index is 1.82. The highest BCUT2D eigenvalue weighted by Crippen LogP contribution is 2.33. The molecule has 1 heterocycles. The van der Waals surface area contributed by atoms with E-state index >= 15 is 0 Å². The Morgan fingerprint density at radius 1 is 0.909 bits per heavy atom. The fourth-order valence-corrected chi connectivity index (χ4v) is 4.27. The Kier molecular flexibility index (Phi) is 8.17. The second-order valence-electron chi connectivity index (χ2n) is 5.64. The van der Waals surface area contributed by atoms with Crippen LogP contribution in [0, 0.1) is 0 Å². The van der Waals surface area contributed by atoms with Crippen LogP contribution in [0.15, 0.2) is 40.3 Å². The zero-order valence-electron chi connectivity index (χ0n) is 13.8. The summed E-state index contributed by atoms with van der Waals surface area (Å²) in [6.07, 6.45) is 13.7. The van der Waals surface area contributed by atoms with Crippen LogP contribution >= 0.6 is 23.5 Å². The molecule has 0 aliphatic carbocycles. The lowest BCUT2D eigenvalue weighted by molar-refractivity contribution is 0.603. The quantitative estimate of drug-likeness (QED) is 0.350. The smallest absolute Gasteiger partial charge is 0.0848 e. The van der Waals surface area contributed by atoms with Crippen LogP contribution in [-0.2, 0) is 0 Å². The number of hydrogen-bond acceptors (Lipinski definition) is 3. The first-order valence-corrected chi connectivity index (χ1v) is 10.6. The van der Waals surface area contributed by atoms with E-state index in [1.165, 1.54) is 65.9 Å². The van der Waals surface area contributed by atoms with Crippen molar-refractivity contribution in [3.63, 3.8) is 0 Å². The number of aromatic nitrogens is 1. The number of fused-ring (bicyclic) bond motifs is 1. The predicted octanol–water partition coefficient (Wildman–Crippen LogP) is 6.80. The molecule has 3 heteroatoms. The first-order chi connectivity index (χ1) is 10.9. The van der Waals surface area contributed by atoms with E-state index in [1.807, 2.05) is 24.0 Å². The predicted molar refractivity (Wildman–Crippen MR) is 102 cm³/mol. The number of hydrogen-bond donors (Lipinski definition) is 0. The molecule has 1 aromatic heterocycles. The van der Waals surface area contributed by atoms with Gasteiger partial charge in [0.2, 0.25) is 0 Å². The zero-order valence-corrected chi connectivity index (χ0v) is 15.4. The van der Waals surface area contributed by atoms with Gasteiger partial charge in [-0.1, -0.05) is 51.5 Å². The standard InChI is InChI=1S/C19H27NS2/c1-3-4-5-6-7-8-9-15-22-17-12-13-18(21-2)19-16(17)11-10-14-20-19/h10-14H,3-9,15H2,1-2H3. The summed E-state index contributed by atoms with van der Waals surface area (Å²) in [5.74, 6) is 1.22. The minimum atomic E-state index is 1.15. The van der Waals surface area contributed by atoms with Crippen molar-refractivity contribution in [3.8, 4) is 0 Å². The lowest BCUT2D eigenvalue weighted by Crippen LogP contribution is -1.87. The maximum atomic E-state index is 4.56. The molecule has 0 N–H and O–H groups in total. The molecule has 0 atom stereocenters. The van der Waals surface area contributed by atoms with Gasteiger partial charge in [-0.2, -0.15) is 0 Å². The lowest BCUT2D eigenvalue weighted by atomic mass is 10.1. The highest BCUT2D eigenvalue weighted by Gasteiger charge is 2.06. The van der Waals surface area contributed by atoms with Crippen molar-refractivity contribution in [2.75, 3.05) is 12.0 Å². The molecule has 1 aromatic carbocycles. The van der Waals surface area contributed by atoms with Crippen LogP contribution in [0.4, 0.5) is 0 Å². The summed E-state index contributed by atoms with van der Waals surface area (Å²) < 4.78 is 0. The maximum Gasteiger partial charge on any atom is 0.0848 e. The van der Waals surface area contributed by atoms with Gasteiger partial charge in [0.05, 0.1) is 5.52 Å². The number of nitrogens with zero attached hydrogens (tertiary/aromatic N) is 1. The SMILES string of the molecule is CCCCCCCCCSc1ccc(SC)c2ncccc12. The largest absolute Gasteiger partial charge is 0.255 e. The van der Waals surface area contributed by atoms with E-state index in [2.05, 4.69) is 36.4 Å². The summed E-state index contributed by atoms with van der Waals surface area (Å²) in [5, 5.41) is 1.31. The van der Waals surface area contributed by atoms with Gasteiger partial charge < -0.3 is 0 Å². The van der Waals surface area contributed by atoms with Crippen molar-refractivity contribution in [3.05, 3.63) is 30.5 Å². The fraction of sp³-hybridized carbons (Fsp3) is 0.526. The molecule has 0 aliphatic rings. The van der Waals surface area contributed by atoms with Gasteiger partial charge in [0, 0.05) is 21.4 Å². The molecule has 22 heavy (non-hydrogen) atoms. The molecule has 0 saturated carbocycles. The van der Waals surface area contributed by atoms with E-state index in [4.69, 9.17) is 0 Å². The van der Waals surface area contributed by atoms with Gasteiger partial charge in [-0.3, -0.25) is 4.98 Å². The molecule has 0 spiro atoms. The molecule has 0 fully saturated rings. The Bertz CT molecular complexity index is 568. The van der Waals surface area contributed by atoms with Gasteiger partial charge in [0.25, 0.3) is 0 Å². The van der Waals surface area contributed by atoms with E-state index in [0.29, 0.717) is 0 Å². The average Bonchev–Trinajstić information content (AvgIpc) is 2.57. The third-order valence-electron chi connectivity index (χ3n) is 3.92. The normalized spacial score (nSPS) is 11.2. The lowest BCUT2D eigenvalue weighted by Gasteiger charge is -2.08. The summed E-state index contributed by atoms with van der Waals surface area (Å²) in [5.41, 5.74) is 1.15. The maximum absolute atomic E-state index is 4.56. The molecule has 0 radical (unpaired) electrons. The van der Waals surface area contributed by atoms with Crippen LogP contribution in [0.1, 0.15) is 51.9 Å². The first kappa shape index (κ1) is 17.7. The molecule has 0 bridgehead atoms. The van der Waals surface area contributed by atoms with Crippen molar-refractivity contribution >= 4 is 34.4 Å². The summed E-state index contributed by atoms with van der Waals surface area (Å²) in [6.45, 7) is 2.28.